The monoisotopic (exact) mass is 411 g/mol. The highest BCUT2D eigenvalue weighted by Crippen LogP contribution is 2.35. The molecule has 10 nitrogen and oxygen atoms in total. The number of rotatable bonds is 5. The van der Waals surface area contributed by atoms with E-state index in [9.17, 15) is 4.79 Å². The predicted octanol–water partition coefficient (Wildman–Crippen LogP) is 2.43. The Morgan fingerprint density at radius 3 is 2.90 bits per heavy atom. The molecule has 0 spiro atoms. The lowest BCUT2D eigenvalue weighted by atomic mass is 10.0. The molecule has 2 aliphatic heterocycles. The predicted molar refractivity (Wildman–Crippen MR) is 109 cm³/mol. The first kappa shape index (κ1) is 19.0. The Bertz CT molecular complexity index is 1050. The third kappa shape index (κ3) is 3.51. The second-order valence-electron chi connectivity index (χ2n) is 7.73. The van der Waals surface area contributed by atoms with Gasteiger partial charge in [0.05, 0.1) is 22.8 Å². The van der Waals surface area contributed by atoms with Gasteiger partial charge >= 0.3 is 0 Å². The van der Waals surface area contributed by atoms with Crippen LogP contribution < -0.4 is 10.6 Å². The van der Waals surface area contributed by atoms with Gasteiger partial charge in [0.1, 0.15) is 6.04 Å². The van der Waals surface area contributed by atoms with Crippen molar-refractivity contribution in [2.24, 2.45) is 0 Å². The van der Waals surface area contributed by atoms with Crippen LogP contribution in [0.3, 0.4) is 0 Å². The van der Waals surface area contributed by atoms with Crippen molar-refractivity contribution in [2.75, 3.05) is 18.5 Å². The SMILES string of the molecule is CCn1ncc2c(NC3CCOCC3)c(-c3nnc(C4CCCC(=O)N4)o3)cnc21. The zero-order chi connectivity index (χ0) is 20.5. The maximum Gasteiger partial charge on any atom is 0.251 e. The summed E-state index contributed by atoms with van der Waals surface area (Å²) in [5, 5.41) is 20.5. The number of hydrogen-bond donors (Lipinski definition) is 2. The Hall–Kier alpha value is -3.01. The second-order valence-corrected chi connectivity index (χ2v) is 7.73. The molecule has 2 N–H and O–H groups in total. The van der Waals surface area contributed by atoms with Gasteiger partial charge < -0.3 is 19.8 Å². The number of carbonyl (C=O) groups excluding carboxylic acids is 1. The van der Waals surface area contributed by atoms with Gasteiger partial charge in [-0.15, -0.1) is 10.2 Å². The summed E-state index contributed by atoms with van der Waals surface area (Å²) < 4.78 is 13.4. The zero-order valence-electron chi connectivity index (χ0n) is 16.9. The van der Waals surface area contributed by atoms with Gasteiger partial charge in [0.25, 0.3) is 5.89 Å². The number of hydrogen-bond acceptors (Lipinski definition) is 8. The Balaban J connectivity index is 1.53. The first-order valence-corrected chi connectivity index (χ1v) is 10.5. The molecule has 2 saturated heterocycles. The summed E-state index contributed by atoms with van der Waals surface area (Å²) >= 11 is 0. The molecule has 0 bridgehead atoms. The molecule has 5 heterocycles. The molecule has 1 atom stereocenters. The number of anilines is 1. The van der Waals surface area contributed by atoms with Gasteiger partial charge in [0, 0.05) is 38.4 Å². The minimum absolute atomic E-state index is 0.0166. The number of fused-ring (bicyclic) bond motifs is 1. The van der Waals surface area contributed by atoms with Gasteiger partial charge in [-0.2, -0.15) is 5.10 Å². The number of aryl methyl sites for hydroxylation is 1. The molecule has 10 heteroatoms. The van der Waals surface area contributed by atoms with E-state index < -0.39 is 0 Å². The first-order valence-electron chi connectivity index (χ1n) is 10.5. The van der Waals surface area contributed by atoms with E-state index in [-0.39, 0.29) is 18.0 Å². The summed E-state index contributed by atoms with van der Waals surface area (Å²) in [6.07, 6.45) is 7.58. The highest BCUT2D eigenvalue weighted by Gasteiger charge is 2.27. The molecule has 2 fully saturated rings. The van der Waals surface area contributed by atoms with E-state index in [1.165, 1.54) is 0 Å². The maximum absolute atomic E-state index is 11.7. The molecule has 0 aliphatic carbocycles. The van der Waals surface area contributed by atoms with Gasteiger partial charge in [-0.05, 0) is 32.6 Å². The number of ether oxygens (including phenoxy) is 1. The summed E-state index contributed by atoms with van der Waals surface area (Å²) in [6, 6.07) is 0.0482. The van der Waals surface area contributed by atoms with Crippen molar-refractivity contribution in [3.05, 3.63) is 18.3 Å². The van der Waals surface area contributed by atoms with Gasteiger partial charge in [0.15, 0.2) is 5.65 Å². The fourth-order valence-electron chi connectivity index (χ4n) is 4.10. The first-order chi connectivity index (χ1) is 14.7. The summed E-state index contributed by atoms with van der Waals surface area (Å²) in [5.41, 5.74) is 2.45. The van der Waals surface area contributed by atoms with Crippen molar-refractivity contribution in [3.63, 3.8) is 0 Å². The van der Waals surface area contributed by atoms with Crippen molar-refractivity contribution in [3.8, 4) is 11.5 Å². The van der Waals surface area contributed by atoms with E-state index in [0.717, 1.165) is 67.7 Å². The third-order valence-electron chi connectivity index (χ3n) is 5.74. The summed E-state index contributed by atoms with van der Waals surface area (Å²) in [7, 11) is 0. The fraction of sp³-hybridized carbons (Fsp3) is 0.550. The molecule has 0 aromatic carbocycles. The zero-order valence-corrected chi connectivity index (χ0v) is 16.9. The highest BCUT2D eigenvalue weighted by molar-refractivity contribution is 5.96. The topological polar surface area (TPSA) is 120 Å². The molecular formula is C20H25N7O3. The number of carbonyl (C=O) groups is 1. The molecule has 158 valence electrons. The normalized spacial score (nSPS) is 20.4. The van der Waals surface area contributed by atoms with Crippen LogP contribution in [0, 0.1) is 0 Å². The molecule has 2 aliphatic rings. The number of nitrogens with zero attached hydrogens (tertiary/aromatic N) is 5. The van der Waals surface area contributed by atoms with Gasteiger partial charge in [0.2, 0.25) is 11.8 Å². The molecule has 3 aromatic heterocycles. The van der Waals surface area contributed by atoms with E-state index in [4.69, 9.17) is 9.15 Å². The minimum atomic E-state index is -0.237. The largest absolute Gasteiger partial charge is 0.418 e. The van der Waals surface area contributed by atoms with Crippen LogP contribution in [0.25, 0.3) is 22.5 Å². The Kier molecular flexibility index (Phi) is 5.07. The Morgan fingerprint density at radius 2 is 2.10 bits per heavy atom. The molecule has 0 radical (unpaired) electrons. The number of aromatic nitrogens is 5. The van der Waals surface area contributed by atoms with Crippen molar-refractivity contribution < 1.29 is 13.9 Å². The minimum Gasteiger partial charge on any atom is -0.418 e. The van der Waals surface area contributed by atoms with Crippen LogP contribution in [-0.4, -0.2) is 50.1 Å². The highest BCUT2D eigenvalue weighted by atomic mass is 16.5. The molecule has 5 rings (SSSR count). The van der Waals surface area contributed by atoms with Crippen LogP contribution in [0.2, 0.25) is 0 Å². The van der Waals surface area contributed by atoms with Crippen LogP contribution in [0.4, 0.5) is 5.69 Å². The van der Waals surface area contributed by atoms with E-state index in [0.29, 0.717) is 18.2 Å². The maximum atomic E-state index is 11.7. The average molecular weight is 411 g/mol. The van der Waals surface area contributed by atoms with Crippen LogP contribution in [0.1, 0.15) is 51.0 Å². The van der Waals surface area contributed by atoms with Crippen LogP contribution in [-0.2, 0) is 16.1 Å². The van der Waals surface area contributed by atoms with Crippen LogP contribution in [0.5, 0.6) is 0 Å². The summed E-state index contributed by atoms with van der Waals surface area (Å²) in [4.78, 5) is 16.4. The van der Waals surface area contributed by atoms with E-state index in [1.54, 1.807) is 6.20 Å². The van der Waals surface area contributed by atoms with Gasteiger partial charge in [-0.3, -0.25) is 4.79 Å². The number of nitrogens with one attached hydrogen (secondary N) is 2. The third-order valence-corrected chi connectivity index (χ3v) is 5.74. The summed E-state index contributed by atoms with van der Waals surface area (Å²) in [5.74, 6) is 0.834. The number of pyridine rings is 1. The lowest BCUT2D eigenvalue weighted by molar-refractivity contribution is -0.123. The smallest absolute Gasteiger partial charge is 0.251 e. The lowest BCUT2D eigenvalue weighted by Gasteiger charge is -2.25. The second kappa shape index (κ2) is 8.02. The fourth-order valence-corrected chi connectivity index (χ4v) is 4.10. The Labute approximate surface area is 173 Å². The van der Waals surface area contributed by atoms with E-state index >= 15 is 0 Å². The molecule has 0 saturated carbocycles. The van der Waals surface area contributed by atoms with E-state index in [1.807, 2.05) is 17.8 Å². The molecule has 1 unspecified atom stereocenters. The quantitative estimate of drug-likeness (QED) is 0.657. The number of amides is 1. The number of piperidine rings is 1. The average Bonchev–Trinajstić information content (AvgIpc) is 3.42. The van der Waals surface area contributed by atoms with Crippen molar-refractivity contribution >= 4 is 22.6 Å². The van der Waals surface area contributed by atoms with Crippen molar-refractivity contribution in [1.82, 2.24) is 30.3 Å². The van der Waals surface area contributed by atoms with Crippen molar-refractivity contribution in [2.45, 2.75) is 57.7 Å². The molecule has 30 heavy (non-hydrogen) atoms. The molecular weight excluding hydrogens is 386 g/mol. The molecule has 1 amide bonds. The van der Waals surface area contributed by atoms with Gasteiger partial charge in [-0.25, -0.2) is 9.67 Å². The van der Waals surface area contributed by atoms with E-state index in [2.05, 4.69) is 30.9 Å². The van der Waals surface area contributed by atoms with Crippen LogP contribution in [0.15, 0.2) is 16.8 Å². The Morgan fingerprint density at radius 1 is 1.23 bits per heavy atom. The summed E-state index contributed by atoms with van der Waals surface area (Å²) in [6.45, 7) is 4.25. The van der Waals surface area contributed by atoms with Crippen molar-refractivity contribution in [1.29, 1.82) is 0 Å². The van der Waals surface area contributed by atoms with Crippen LogP contribution >= 0.6 is 0 Å². The molecule has 3 aromatic rings. The lowest BCUT2D eigenvalue weighted by Crippen LogP contribution is -2.32. The standard InChI is InChI=1S/C20H25N7O3/c1-2-27-18-13(11-22-27)17(23-12-6-8-29-9-7-12)14(10-21-18)19-25-26-20(30-19)15-4-3-5-16(28)24-15/h10-12,15H,2-9H2,1H3,(H,21,23)(H,24,28). The van der Waals surface area contributed by atoms with Gasteiger partial charge in [-0.1, -0.05) is 0 Å².